The maximum absolute atomic E-state index is 13.8. The summed E-state index contributed by atoms with van der Waals surface area (Å²) in [6.45, 7) is 23.3. The highest BCUT2D eigenvalue weighted by molar-refractivity contribution is 5.99. The van der Waals surface area contributed by atoms with Gasteiger partial charge < -0.3 is 49.0 Å². The van der Waals surface area contributed by atoms with Crippen LogP contribution in [0.4, 0.5) is 0 Å². The Morgan fingerprint density at radius 1 is 0.324 bits per heavy atom. The molecule has 0 radical (unpaired) electrons. The molecule has 4 aromatic heterocycles. The fourth-order valence-corrected chi connectivity index (χ4v) is 20.3. The van der Waals surface area contributed by atoms with Crippen molar-refractivity contribution < 1.29 is 62.0 Å². The van der Waals surface area contributed by atoms with E-state index in [2.05, 4.69) is 93.2 Å². The molecular weight excluding hydrogens is 1840 g/mol. The van der Waals surface area contributed by atoms with Crippen molar-refractivity contribution >= 4 is 47.5 Å². The van der Waals surface area contributed by atoms with Gasteiger partial charge in [0.2, 0.25) is 51.5 Å². The Morgan fingerprint density at radius 3 is 0.772 bits per heavy atom. The first-order valence-electron chi connectivity index (χ1n) is 50.1. The van der Waals surface area contributed by atoms with E-state index >= 15 is 0 Å². The zero-order valence-corrected chi connectivity index (χ0v) is 84.1. The van der Waals surface area contributed by atoms with Crippen molar-refractivity contribution in [1.29, 1.82) is 0 Å². The lowest BCUT2D eigenvalue weighted by molar-refractivity contribution is -0.155. The molecule has 8 aromatic carbocycles. The van der Waals surface area contributed by atoms with Gasteiger partial charge in [-0.1, -0.05) is 289 Å². The first kappa shape index (κ1) is 104. The minimum Gasteiger partial charge on any atom is -0.451 e. The lowest BCUT2D eigenvalue weighted by atomic mass is 9.83. The minimum absolute atomic E-state index is 0.0245. The molecule has 0 spiro atoms. The number of rotatable bonds is 27. The summed E-state index contributed by atoms with van der Waals surface area (Å²) in [5.41, 5.74) is 10.9. The van der Waals surface area contributed by atoms with E-state index in [0.29, 0.717) is 26.2 Å². The fourth-order valence-electron chi connectivity index (χ4n) is 20.3. The van der Waals surface area contributed by atoms with E-state index in [0.717, 1.165) is 115 Å². The lowest BCUT2D eigenvalue weighted by Crippen LogP contribution is -2.50. The Bertz CT molecular complexity index is 6650. The molecule has 30 heteroatoms. The number of hydrogen-bond donors (Lipinski definition) is 1. The number of ether oxygens (including phenoxy) is 5. The third kappa shape index (κ3) is 23.7. The van der Waals surface area contributed by atoms with Crippen LogP contribution in [0.1, 0.15) is 282 Å². The number of amides is 4. The molecule has 18 rings (SSSR count). The quantitative estimate of drug-likeness (QED) is 0.0369. The molecule has 0 bridgehead atoms. The van der Waals surface area contributed by atoms with E-state index < -0.39 is 57.9 Å². The highest BCUT2D eigenvalue weighted by atomic mass is 16.7. The van der Waals surface area contributed by atoms with Crippen LogP contribution in [0.3, 0.4) is 0 Å². The summed E-state index contributed by atoms with van der Waals surface area (Å²) >= 11 is 0. The Labute approximate surface area is 843 Å². The number of esters is 4. The van der Waals surface area contributed by atoms with Crippen molar-refractivity contribution in [2.45, 2.75) is 225 Å². The number of fused-ring (bicyclic) bond motifs is 4. The summed E-state index contributed by atoms with van der Waals surface area (Å²) in [6, 6.07) is 78.7. The van der Waals surface area contributed by atoms with Crippen molar-refractivity contribution in [1.82, 2.24) is 58.7 Å². The smallest absolute Gasteiger partial charge is 0.328 e. The highest BCUT2D eigenvalue weighted by Crippen LogP contribution is 2.47. The van der Waals surface area contributed by atoms with E-state index in [1.165, 1.54) is 26.2 Å². The van der Waals surface area contributed by atoms with Crippen LogP contribution in [0.15, 0.2) is 287 Å². The molecule has 30 nitrogen and oxygen atoms in total. The largest absolute Gasteiger partial charge is 0.451 e. The molecule has 754 valence electrons. The van der Waals surface area contributed by atoms with Crippen LogP contribution < -0.4 is 46.4 Å². The van der Waals surface area contributed by atoms with E-state index in [9.17, 15) is 57.5 Å². The third-order valence-electron chi connectivity index (χ3n) is 27.6. The maximum atomic E-state index is 13.8. The normalized spacial score (nSPS) is 16.9. The van der Waals surface area contributed by atoms with Crippen molar-refractivity contribution in [2.75, 3.05) is 33.0 Å². The van der Waals surface area contributed by atoms with Gasteiger partial charge in [-0.05, 0) is 145 Å². The predicted molar refractivity (Wildman–Crippen MR) is 548 cm³/mol. The number of carbonyl (C=O) groups excluding carboxylic acids is 8. The Kier molecular flexibility index (Phi) is 33.7. The second kappa shape index (κ2) is 46.9. The van der Waals surface area contributed by atoms with E-state index in [1.807, 2.05) is 239 Å². The SMILES string of the molecule is CC(C)CC(=O)Oc1c2n(ncc1=O)C(C(c1ccccc1)c1ccccc1)CN(C(C)C)C2=O.CC(C)N1CC(C(c2ccccc2)c2ccccc2)n2ncc(=O)c(OC(=O)C3CCCC3)c2C1=O.CC(C)N1CC(C(c2ccccc2)c2ccccc2)n2ncc(=O)c(OC(=O)C3CCCCC3)c2C1=O.CC(C)N1CC(C(c2ccccc2)c2ccccc2)n2ncc(=O)c(OCOC(=O)C(C)(C)N)c2C1=O. The van der Waals surface area contributed by atoms with Gasteiger partial charge in [0.15, 0.2) is 22.8 Å². The highest BCUT2D eigenvalue weighted by Gasteiger charge is 2.48. The molecule has 2 N–H and O–H groups in total. The standard InChI is InChI=1S/C30H33N3O4.C29H31N3O4.C28H32N4O5.C28H31N3O4/c1-20(2)32-19-24(26(21-12-6-3-7-13-21)22-14-8-4-9-15-22)33-27(29(32)35)28(25(34)18-31-33)37-30(36)23-16-10-5-11-17-23;1-19(2)31-18-23(25(20-11-5-3-6-12-20)21-13-7-4-8-14-21)32-26(28(31)34)27(24(33)17-30-32)36-29(35)22-15-9-10-16-22;1-18(2)31-16-21(23(19-11-7-5-8-12-19)20-13-9-6-10-14-20)32-24(26(31)34)25(22(33)15-30-32)36-17-37-27(35)28(3,4)29;1-18(2)15-24(33)35-27-23(32)16-29-31-22(17-30(19(3)4)28(34)26(27)31)25(20-11-7-5-8-12-20)21-13-9-6-10-14-21/h3-4,6-9,12-15,18,20,23-24,26H,5,10-11,16-17,19H2,1-2H3;3-8,11-14,17,19,22-23,25H,9-10,15-16,18H2,1-2H3;5-15,18,21,23H,16-17,29H2,1-4H3;5-14,16,18-19,22,25H,15,17H2,1-4H3. The van der Waals surface area contributed by atoms with Gasteiger partial charge in [-0.15, -0.1) is 0 Å². The molecule has 4 unspecified atom stereocenters. The zero-order chi connectivity index (χ0) is 103. The van der Waals surface area contributed by atoms with Crippen molar-refractivity contribution in [3.05, 3.63) is 376 Å². The second-order valence-electron chi connectivity index (χ2n) is 39.8. The van der Waals surface area contributed by atoms with E-state index in [4.69, 9.17) is 29.4 Å². The molecule has 6 aliphatic rings. The number of hydrogen-bond acceptors (Lipinski definition) is 22. The van der Waals surface area contributed by atoms with Gasteiger partial charge in [0, 0.05) is 80.4 Å². The molecule has 4 atom stereocenters. The van der Waals surface area contributed by atoms with Crippen LogP contribution in [-0.2, 0) is 23.9 Å². The third-order valence-corrected chi connectivity index (χ3v) is 27.6. The van der Waals surface area contributed by atoms with Crippen LogP contribution in [0.2, 0.25) is 0 Å². The molecule has 2 fully saturated rings. The number of aromatic nitrogens is 8. The van der Waals surface area contributed by atoms with Gasteiger partial charge in [-0.2, -0.15) is 20.4 Å². The summed E-state index contributed by atoms with van der Waals surface area (Å²) < 4.78 is 34.1. The van der Waals surface area contributed by atoms with Crippen LogP contribution >= 0.6 is 0 Å². The molecule has 4 amide bonds. The molecule has 2 saturated carbocycles. The Balaban J connectivity index is 0.000000145. The molecule has 4 aliphatic heterocycles. The van der Waals surface area contributed by atoms with Crippen molar-refractivity contribution in [2.24, 2.45) is 23.5 Å². The monoisotopic (exact) mass is 1960 g/mol. The zero-order valence-electron chi connectivity index (χ0n) is 84.1. The van der Waals surface area contributed by atoms with Crippen LogP contribution in [0.5, 0.6) is 23.0 Å². The van der Waals surface area contributed by atoms with Gasteiger partial charge in [-0.25, -0.2) is 4.79 Å². The number of nitrogens with two attached hydrogens (primary N) is 1. The maximum Gasteiger partial charge on any atom is 0.328 e. The number of carbonyl (C=O) groups is 8. The van der Waals surface area contributed by atoms with Crippen LogP contribution in [0.25, 0.3) is 0 Å². The topological polar surface area (TPSA) is 361 Å². The van der Waals surface area contributed by atoms with Gasteiger partial charge in [0.1, 0.15) is 5.54 Å². The van der Waals surface area contributed by atoms with Crippen LogP contribution in [0, 0.1) is 17.8 Å². The van der Waals surface area contributed by atoms with Gasteiger partial charge in [0.25, 0.3) is 23.6 Å². The van der Waals surface area contributed by atoms with Gasteiger partial charge in [0.05, 0.1) is 60.8 Å². The molecule has 8 heterocycles. The molecule has 0 saturated heterocycles. The summed E-state index contributed by atoms with van der Waals surface area (Å²) in [7, 11) is 0. The summed E-state index contributed by atoms with van der Waals surface area (Å²) in [6.07, 6.45) is 12.7. The molecule has 2 aliphatic carbocycles. The van der Waals surface area contributed by atoms with Crippen LogP contribution in [-0.4, -0.2) is 169 Å². The Hall–Kier alpha value is -15.2. The van der Waals surface area contributed by atoms with Gasteiger partial charge in [-0.3, -0.25) is 71.5 Å². The molecular formula is C115H127N13O17. The predicted octanol–water partition coefficient (Wildman–Crippen LogP) is 17.1. The fraction of sp³-hybridized carbons (Fsp3) is 0.374. The lowest BCUT2D eigenvalue weighted by Gasteiger charge is -2.41. The minimum atomic E-state index is -1.23. The Morgan fingerprint density at radius 2 is 0.545 bits per heavy atom. The first-order valence-corrected chi connectivity index (χ1v) is 50.1. The summed E-state index contributed by atoms with van der Waals surface area (Å²) in [4.78, 5) is 164. The summed E-state index contributed by atoms with van der Waals surface area (Å²) in [5.74, 6) is -5.46. The number of nitrogens with zero attached hydrogens (tertiary/aromatic N) is 12. The van der Waals surface area contributed by atoms with E-state index in [-0.39, 0.29) is 166 Å². The number of benzene rings is 8. The molecule has 12 aromatic rings. The molecule has 145 heavy (non-hydrogen) atoms. The second-order valence-corrected chi connectivity index (χ2v) is 39.8. The average molecular weight is 1960 g/mol. The van der Waals surface area contributed by atoms with Gasteiger partial charge >= 0.3 is 23.9 Å². The van der Waals surface area contributed by atoms with Crippen molar-refractivity contribution in [3.8, 4) is 23.0 Å². The first-order chi connectivity index (χ1) is 69.8. The van der Waals surface area contributed by atoms with Crippen molar-refractivity contribution in [3.63, 3.8) is 0 Å². The average Bonchev–Trinajstić information content (AvgIpc) is 1.21. The summed E-state index contributed by atoms with van der Waals surface area (Å²) in [5, 5.41) is 17.7. The van der Waals surface area contributed by atoms with E-state index in [1.54, 1.807) is 38.3 Å².